The van der Waals surface area contributed by atoms with E-state index in [-0.39, 0.29) is 5.75 Å². The number of alkyl halides is 3. The summed E-state index contributed by atoms with van der Waals surface area (Å²) >= 11 is 1.64. The molecule has 1 aliphatic rings. The summed E-state index contributed by atoms with van der Waals surface area (Å²) in [5, 5.41) is 6.25. The number of aromatic nitrogens is 4. The maximum Gasteiger partial charge on any atom is 0.573 e. The molecular formula is C31H25F3N6OS. The van der Waals surface area contributed by atoms with Gasteiger partial charge in [-0.3, -0.25) is 4.90 Å². The van der Waals surface area contributed by atoms with Crippen LogP contribution in [-0.4, -0.2) is 37.0 Å². The summed E-state index contributed by atoms with van der Waals surface area (Å²) in [6.07, 6.45) is -3.24. The van der Waals surface area contributed by atoms with E-state index < -0.39 is 6.36 Å². The maximum absolute atomic E-state index is 12.5. The molecule has 212 valence electrons. The van der Waals surface area contributed by atoms with Crippen LogP contribution in [0.25, 0.3) is 28.0 Å². The molecule has 0 radical (unpaired) electrons. The first kappa shape index (κ1) is 27.5. The van der Waals surface area contributed by atoms with Crippen molar-refractivity contribution in [2.45, 2.75) is 26.1 Å². The molecular weight excluding hydrogens is 561 g/mol. The Morgan fingerprint density at radius 3 is 2.55 bits per heavy atom. The molecule has 0 atom stereocenters. The molecule has 1 saturated heterocycles. The van der Waals surface area contributed by atoms with Crippen molar-refractivity contribution >= 4 is 39.3 Å². The van der Waals surface area contributed by atoms with Crippen molar-refractivity contribution < 1.29 is 17.9 Å². The molecule has 0 spiro atoms. The van der Waals surface area contributed by atoms with Gasteiger partial charge < -0.3 is 4.74 Å². The lowest BCUT2D eigenvalue weighted by molar-refractivity contribution is -0.274. The largest absolute Gasteiger partial charge is 0.573 e. The minimum Gasteiger partial charge on any atom is -0.406 e. The number of benzene rings is 3. The van der Waals surface area contributed by atoms with Crippen LogP contribution in [0.5, 0.6) is 5.75 Å². The van der Waals surface area contributed by atoms with Gasteiger partial charge in [-0.05, 0) is 72.1 Å². The Morgan fingerprint density at radius 2 is 1.79 bits per heavy atom. The summed E-state index contributed by atoms with van der Waals surface area (Å²) < 4.78 is 42.8. The second-order valence-electron chi connectivity index (χ2n) is 9.93. The Kier molecular flexibility index (Phi) is 7.19. The molecule has 11 heteroatoms. The van der Waals surface area contributed by atoms with E-state index in [2.05, 4.69) is 41.3 Å². The van der Waals surface area contributed by atoms with Crippen molar-refractivity contribution in [3.63, 3.8) is 0 Å². The van der Waals surface area contributed by atoms with E-state index >= 15 is 0 Å². The third kappa shape index (κ3) is 5.73. The number of thioether (sulfide) groups is 1. The molecule has 0 saturated carbocycles. The van der Waals surface area contributed by atoms with Crippen molar-refractivity contribution in [3.8, 4) is 22.8 Å². The highest BCUT2D eigenvalue weighted by atomic mass is 32.2. The van der Waals surface area contributed by atoms with Gasteiger partial charge in [-0.25, -0.2) is 19.6 Å². The number of amidine groups is 1. The normalized spacial score (nSPS) is 14.9. The average Bonchev–Trinajstić information content (AvgIpc) is 3.59. The Bertz CT molecular complexity index is 1810. The summed E-state index contributed by atoms with van der Waals surface area (Å²) in [5.74, 6) is 1.99. The van der Waals surface area contributed by atoms with Crippen LogP contribution in [-0.2, 0) is 0 Å². The predicted molar refractivity (Wildman–Crippen MR) is 160 cm³/mol. The van der Waals surface area contributed by atoms with Crippen molar-refractivity contribution in [1.29, 1.82) is 0 Å². The smallest absolute Gasteiger partial charge is 0.406 e. The summed E-state index contributed by atoms with van der Waals surface area (Å²) in [5.41, 5.74) is 5.16. The van der Waals surface area contributed by atoms with Crippen molar-refractivity contribution in [3.05, 3.63) is 103 Å². The summed E-state index contributed by atoms with van der Waals surface area (Å²) in [6, 6.07) is 23.3. The number of rotatable bonds is 6. The van der Waals surface area contributed by atoms with Gasteiger partial charge >= 0.3 is 6.36 Å². The highest BCUT2D eigenvalue weighted by molar-refractivity contribution is 8.14. The topological polar surface area (TPSA) is 68.4 Å². The molecule has 0 N–H and O–H groups in total. The molecule has 3 aromatic carbocycles. The van der Waals surface area contributed by atoms with Gasteiger partial charge in [-0.2, -0.15) is 0 Å². The van der Waals surface area contributed by atoms with Crippen LogP contribution in [0.4, 0.5) is 24.7 Å². The van der Waals surface area contributed by atoms with E-state index in [1.165, 1.54) is 40.8 Å². The zero-order chi connectivity index (χ0) is 29.4. The molecule has 1 aliphatic heterocycles. The van der Waals surface area contributed by atoms with E-state index in [1.807, 2.05) is 53.4 Å². The minimum atomic E-state index is -4.75. The number of anilines is 1. The molecule has 5 aromatic rings. The fourth-order valence-electron chi connectivity index (χ4n) is 4.63. The third-order valence-corrected chi connectivity index (χ3v) is 7.65. The molecule has 2 aromatic heterocycles. The first-order valence-corrected chi connectivity index (χ1v) is 14.1. The Balaban J connectivity index is 1.25. The van der Waals surface area contributed by atoms with E-state index in [0.29, 0.717) is 17.4 Å². The van der Waals surface area contributed by atoms with Crippen molar-refractivity contribution in [2.75, 3.05) is 10.7 Å². The van der Waals surface area contributed by atoms with Gasteiger partial charge in [0, 0.05) is 22.4 Å². The van der Waals surface area contributed by atoms with E-state index in [0.717, 1.165) is 44.6 Å². The van der Waals surface area contributed by atoms with Crippen LogP contribution in [0.15, 0.2) is 102 Å². The molecule has 0 aliphatic carbocycles. The van der Waals surface area contributed by atoms with Gasteiger partial charge in [0.2, 0.25) is 0 Å². The van der Waals surface area contributed by atoms with E-state index in [4.69, 9.17) is 9.98 Å². The third-order valence-electron chi connectivity index (χ3n) is 6.64. The summed E-state index contributed by atoms with van der Waals surface area (Å²) in [6.45, 7) is 8.57. The van der Waals surface area contributed by atoms with Crippen molar-refractivity contribution in [2.24, 2.45) is 4.99 Å². The number of hydrogen-bond donors (Lipinski definition) is 0. The van der Waals surface area contributed by atoms with Gasteiger partial charge in [0.15, 0.2) is 11.0 Å². The molecule has 0 bridgehead atoms. The number of hydrogen-bond acceptors (Lipinski definition) is 6. The first-order chi connectivity index (χ1) is 20.1. The highest BCUT2D eigenvalue weighted by Crippen LogP contribution is 2.36. The van der Waals surface area contributed by atoms with Gasteiger partial charge in [0.05, 0.1) is 16.9 Å². The fourth-order valence-corrected chi connectivity index (χ4v) is 5.57. The number of nitrogens with zero attached hydrogens (tertiary/aromatic N) is 6. The van der Waals surface area contributed by atoms with Crippen LogP contribution in [0.2, 0.25) is 0 Å². The number of fused-ring (bicyclic) bond motifs is 1. The lowest BCUT2D eigenvalue weighted by atomic mass is 10.0. The number of aliphatic imine (C=N–C) groups is 1. The average molecular weight is 587 g/mol. The fraction of sp³-hybridized carbons (Fsp3) is 0.161. The number of para-hydroxylation sites is 1. The SMILES string of the molecule is C=C1CS/C(=N/c2ccccc2C(C)C)N1c1ccc2cc(-c3ncn(-c4ccc(OC(F)(F)F)cc4)n3)ccc2n1. The zero-order valence-corrected chi connectivity index (χ0v) is 23.5. The monoisotopic (exact) mass is 586 g/mol. The first-order valence-electron chi connectivity index (χ1n) is 13.1. The molecule has 0 amide bonds. The number of ether oxygens (including phenoxy) is 1. The number of halogens is 3. The highest BCUT2D eigenvalue weighted by Gasteiger charge is 2.31. The van der Waals surface area contributed by atoms with Crippen molar-refractivity contribution in [1.82, 2.24) is 19.7 Å². The Morgan fingerprint density at radius 1 is 1.00 bits per heavy atom. The quantitative estimate of drug-likeness (QED) is 0.200. The second kappa shape index (κ2) is 11.0. The van der Waals surface area contributed by atoms with E-state index in [9.17, 15) is 13.2 Å². The predicted octanol–water partition coefficient (Wildman–Crippen LogP) is 8.26. The molecule has 3 heterocycles. The lowest BCUT2D eigenvalue weighted by Crippen LogP contribution is -2.22. The maximum atomic E-state index is 12.5. The van der Waals surface area contributed by atoms with Gasteiger partial charge in [0.25, 0.3) is 0 Å². The molecule has 1 fully saturated rings. The minimum absolute atomic E-state index is 0.303. The summed E-state index contributed by atoms with van der Waals surface area (Å²) in [4.78, 5) is 16.3. The van der Waals surface area contributed by atoms with Gasteiger partial charge in [-0.1, -0.05) is 50.4 Å². The van der Waals surface area contributed by atoms with Crippen LogP contribution < -0.4 is 9.64 Å². The van der Waals surface area contributed by atoms with E-state index in [1.54, 1.807) is 11.8 Å². The van der Waals surface area contributed by atoms with Crippen LogP contribution in [0.1, 0.15) is 25.3 Å². The zero-order valence-electron chi connectivity index (χ0n) is 22.7. The summed E-state index contributed by atoms with van der Waals surface area (Å²) in [7, 11) is 0. The van der Waals surface area contributed by atoms with Gasteiger partial charge in [-0.15, -0.1) is 18.3 Å². The van der Waals surface area contributed by atoms with Crippen LogP contribution >= 0.6 is 11.8 Å². The molecule has 7 nitrogen and oxygen atoms in total. The van der Waals surface area contributed by atoms with Gasteiger partial charge in [0.1, 0.15) is 17.9 Å². The Labute approximate surface area is 244 Å². The second-order valence-corrected chi connectivity index (χ2v) is 10.9. The van der Waals surface area contributed by atoms with Crippen LogP contribution in [0.3, 0.4) is 0 Å². The Hall–Kier alpha value is -4.64. The standard InChI is InChI=1S/C31H25F3N6OS/c1-19(2)25-6-4-5-7-27(25)37-30-40(20(3)17-42-30)28-15-9-21-16-22(8-14-26(21)36-28)29-35-18-39(38-29)23-10-12-24(13-11-23)41-31(32,33)34/h4-16,18-19H,3,17H2,1-2H3/b37-30+. The molecule has 6 rings (SSSR count). The molecule has 0 unspecified atom stereocenters. The number of pyridine rings is 1. The lowest BCUT2D eigenvalue weighted by Gasteiger charge is -2.19. The molecule has 42 heavy (non-hydrogen) atoms. The van der Waals surface area contributed by atoms with Crippen LogP contribution in [0, 0.1) is 0 Å².